The summed E-state index contributed by atoms with van der Waals surface area (Å²) in [6.45, 7) is 1.42. The van der Waals surface area contributed by atoms with Crippen molar-refractivity contribution < 1.29 is 18.0 Å². The van der Waals surface area contributed by atoms with Gasteiger partial charge in [0, 0.05) is 25.9 Å². The Morgan fingerprint density at radius 3 is 2.52 bits per heavy atom. The number of benzene rings is 2. The summed E-state index contributed by atoms with van der Waals surface area (Å²) in [5.41, 5.74) is 1.36. The molecule has 6 nitrogen and oxygen atoms in total. The molecule has 0 aliphatic carbocycles. The minimum atomic E-state index is -4.08. The number of rotatable bonds is 8. The van der Waals surface area contributed by atoms with Crippen molar-refractivity contribution in [3.05, 3.63) is 80.0 Å². The normalized spacial score (nSPS) is 11.2. The van der Waals surface area contributed by atoms with Crippen LogP contribution in [0.4, 0.5) is 5.69 Å². The predicted molar refractivity (Wildman–Crippen MR) is 124 cm³/mol. The largest absolute Gasteiger partial charge is 0.350 e. The lowest BCUT2D eigenvalue weighted by Crippen LogP contribution is -2.41. The maximum Gasteiger partial charge on any atom is 0.264 e. The first kappa shape index (κ1) is 23.3. The zero-order valence-corrected chi connectivity index (χ0v) is 19.5. The van der Waals surface area contributed by atoms with Crippen molar-refractivity contribution in [2.45, 2.75) is 18.4 Å². The van der Waals surface area contributed by atoms with Crippen LogP contribution in [0.5, 0.6) is 0 Å². The molecule has 31 heavy (non-hydrogen) atoms. The minimum Gasteiger partial charge on any atom is -0.350 e. The molecule has 0 fully saturated rings. The number of thiophene rings is 1. The highest BCUT2D eigenvalue weighted by molar-refractivity contribution is 7.92. The first-order valence-corrected chi connectivity index (χ1v) is 12.1. The number of hydrogen-bond donors (Lipinski definition) is 1. The van der Waals surface area contributed by atoms with Gasteiger partial charge in [0.15, 0.2) is 6.29 Å². The molecule has 1 aromatic heterocycles. The van der Waals surface area contributed by atoms with Crippen LogP contribution in [0.1, 0.15) is 20.8 Å². The third-order valence-electron chi connectivity index (χ3n) is 4.47. The second-order valence-corrected chi connectivity index (χ2v) is 10.3. The van der Waals surface area contributed by atoms with Gasteiger partial charge in [-0.15, -0.1) is 11.3 Å². The number of carbonyl (C=O) groups excluding carboxylic acids is 2. The molecule has 0 aliphatic heterocycles. The van der Waals surface area contributed by atoms with Crippen molar-refractivity contribution in [1.82, 2.24) is 5.32 Å². The van der Waals surface area contributed by atoms with Gasteiger partial charge in [-0.3, -0.25) is 13.9 Å². The summed E-state index contributed by atoms with van der Waals surface area (Å²) < 4.78 is 27.8. The van der Waals surface area contributed by atoms with Crippen LogP contribution < -0.4 is 9.62 Å². The third kappa shape index (κ3) is 5.46. The first-order valence-electron chi connectivity index (χ1n) is 9.05. The molecule has 1 N–H and O–H groups in total. The Hall–Kier alpha value is -2.39. The quantitative estimate of drug-likeness (QED) is 0.458. The van der Waals surface area contributed by atoms with E-state index in [2.05, 4.69) is 5.32 Å². The van der Waals surface area contributed by atoms with E-state index in [1.165, 1.54) is 35.6 Å². The maximum absolute atomic E-state index is 13.4. The van der Waals surface area contributed by atoms with Crippen molar-refractivity contribution in [3.63, 3.8) is 0 Å². The van der Waals surface area contributed by atoms with Gasteiger partial charge in [0.1, 0.15) is 6.54 Å². The number of hydrogen-bond acceptors (Lipinski definition) is 5. The summed E-state index contributed by atoms with van der Waals surface area (Å²) in [5, 5.41) is 5.16. The molecular weight excluding hydrogens is 479 g/mol. The van der Waals surface area contributed by atoms with Crippen molar-refractivity contribution in [3.8, 4) is 0 Å². The highest BCUT2D eigenvalue weighted by Crippen LogP contribution is 2.31. The Kier molecular flexibility index (Phi) is 7.38. The number of halogens is 2. The van der Waals surface area contributed by atoms with Crippen LogP contribution in [0.15, 0.2) is 58.8 Å². The SMILES string of the molecule is Cc1c(Cl)cccc1N(CC(=O)NCc1cc(C=O)cs1)S(=O)(=O)c1ccc(Cl)cc1. The van der Waals surface area contributed by atoms with Gasteiger partial charge in [0.05, 0.1) is 17.1 Å². The van der Waals surface area contributed by atoms with E-state index < -0.39 is 22.5 Å². The third-order valence-corrected chi connectivity index (χ3v) is 7.86. The number of nitrogens with zero attached hydrogens (tertiary/aromatic N) is 1. The summed E-state index contributed by atoms with van der Waals surface area (Å²) in [6.07, 6.45) is 0.726. The van der Waals surface area contributed by atoms with E-state index in [1.54, 1.807) is 36.6 Å². The van der Waals surface area contributed by atoms with Crippen molar-refractivity contribution in [2.75, 3.05) is 10.8 Å². The van der Waals surface area contributed by atoms with Crippen LogP contribution in [-0.4, -0.2) is 27.2 Å². The van der Waals surface area contributed by atoms with E-state index in [0.29, 0.717) is 26.9 Å². The molecule has 0 spiro atoms. The van der Waals surface area contributed by atoms with Crippen LogP contribution in [0.25, 0.3) is 0 Å². The second kappa shape index (κ2) is 9.82. The van der Waals surface area contributed by atoms with Gasteiger partial charge in [-0.25, -0.2) is 8.42 Å². The highest BCUT2D eigenvalue weighted by Gasteiger charge is 2.28. The monoisotopic (exact) mass is 496 g/mol. The average molecular weight is 497 g/mol. The Labute approximate surface area is 194 Å². The molecule has 2 aromatic carbocycles. The maximum atomic E-state index is 13.4. The van der Waals surface area contributed by atoms with Gasteiger partial charge >= 0.3 is 0 Å². The van der Waals surface area contributed by atoms with Gasteiger partial charge < -0.3 is 5.32 Å². The van der Waals surface area contributed by atoms with E-state index in [9.17, 15) is 18.0 Å². The summed E-state index contributed by atoms with van der Waals surface area (Å²) in [6, 6.07) is 12.2. The Balaban J connectivity index is 1.90. The van der Waals surface area contributed by atoms with Gasteiger partial charge in [0.25, 0.3) is 10.0 Å². The van der Waals surface area contributed by atoms with E-state index in [1.807, 2.05) is 0 Å². The van der Waals surface area contributed by atoms with Gasteiger partial charge in [-0.2, -0.15) is 0 Å². The standard InChI is InChI=1S/C21H18Cl2N2O4S2/c1-14-19(23)3-2-4-20(14)25(31(28,29)18-7-5-16(22)6-8-18)11-21(27)24-10-17-9-15(12-26)13-30-17/h2-9,12-13H,10-11H2,1H3,(H,24,27). The van der Waals surface area contributed by atoms with Crippen molar-refractivity contribution in [1.29, 1.82) is 0 Å². The molecule has 0 unspecified atom stereocenters. The Morgan fingerprint density at radius 2 is 1.87 bits per heavy atom. The molecule has 3 rings (SSSR count). The van der Waals surface area contributed by atoms with Gasteiger partial charge in [-0.05, 0) is 55.0 Å². The van der Waals surface area contributed by atoms with Crippen LogP contribution in [0.2, 0.25) is 10.0 Å². The lowest BCUT2D eigenvalue weighted by atomic mass is 10.2. The Morgan fingerprint density at radius 1 is 1.16 bits per heavy atom. The van der Waals surface area contributed by atoms with E-state index in [-0.39, 0.29) is 11.4 Å². The summed E-state index contributed by atoms with van der Waals surface area (Å²) in [5.74, 6) is -0.502. The molecule has 0 saturated heterocycles. The Bertz CT molecular complexity index is 1210. The molecule has 0 atom stereocenters. The van der Waals surface area contributed by atoms with Gasteiger partial charge in [-0.1, -0.05) is 29.3 Å². The van der Waals surface area contributed by atoms with E-state index >= 15 is 0 Å². The fraction of sp³-hybridized carbons (Fsp3) is 0.143. The molecule has 10 heteroatoms. The summed E-state index contributed by atoms with van der Waals surface area (Å²) in [4.78, 5) is 24.3. The number of sulfonamides is 1. The molecule has 3 aromatic rings. The molecule has 1 amide bonds. The fourth-order valence-corrected chi connectivity index (χ4v) is 5.37. The first-order chi connectivity index (χ1) is 14.7. The number of aldehydes is 1. The molecule has 0 bridgehead atoms. The lowest BCUT2D eigenvalue weighted by molar-refractivity contribution is -0.119. The zero-order chi connectivity index (χ0) is 22.6. The van der Waals surface area contributed by atoms with Crippen LogP contribution >= 0.6 is 34.5 Å². The van der Waals surface area contributed by atoms with E-state index in [4.69, 9.17) is 23.2 Å². The van der Waals surface area contributed by atoms with Crippen molar-refractivity contribution in [2.24, 2.45) is 0 Å². The fourth-order valence-electron chi connectivity index (χ4n) is 2.82. The lowest BCUT2D eigenvalue weighted by Gasteiger charge is -2.26. The zero-order valence-electron chi connectivity index (χ0n) is 16.3. The molecule has 0 radical (unpaired) electrons. The molecule has 162 valence electrons. The number of amides is 1. The number of carbonyl (C=O) groups is 2. The van der Waals surface area contributed by atoms with Crippen LogP contribution in [-0.2, 0) is 21.4 Å². The predicted octanol–water partition coefficient (Wildman–Crippen LogP) is 4.69. The second-order valence-electron chi connectivity index (χ2n) is 6.59. The van der Waals surface area contributed by atoms with E-state index in [0.717, 1.165) is 15.5 Å². The minimum absolute atomic E-state index is 0.00189. The molecule has 1 heterocycles. The summed E-state index contributed by atoms with van der Waals surface area (Å²) in [7, 11) is -4.08. The van der Waals surface area contributed by atoms with Crippen molar-refractivity contribution >= 4 is 62.4 Å². The highest BCUT2D eigenvalue weighted by atomic mass is 35.5. The topological polar surface area (TPSA) is 83.6 Å². The van der Waals surface area contributed by atoms with Crippen LogP contribution in [0.3, 0.4) is 0 Å². The molecule has 0 aliphatic rings. The number of anilines is 1. The summed E-state index contributed by atoms with van der Waals surface area (Å²) >= 11 is 13.4. The van der Waals surface area contributed by atoms with Crippen LogP contribution in [0, 0.1) is 6.92 Å². The molecular formula is C21H18Cl2N2O4S2. The average Bonchev–Trinajstić information content (AvgIpc) is 3.21. The number of nitrogens with one attached hydrogen (secondary N) is 1. The van der Waals surface area contributed by atoms with Gasteiger partial charge in [0.2, 0.25) is 5.91 Å². The smallest absolute Gasteiger partial charge is 0.264 e. The molecule has 0 saturated carbocycles.